The molecule has 1 aliphatic rings. The van der Waals surface area contributed by atoms with Crippen molar-refractivity contribution >= 4 is 16.9 Å². The van der Waals surface area contributed by atoms with E-state index in [1.54, 1.807) is 19.4 Å². The molecular weight excluding hydrogens is 318 g/mol. The highest BCUT2D eigenvalue weighted by atomic mass is 16.5. The molecule has 2 aromatic heterocycles. The van der Waals surface area contributed by atoms with Gasteiger partial charge in [-0.1, -0.05) is 12.1 Å². The number of ether oxygens (including phenoxy) is 1. The molecular formula is C19H21N3O3. The van der Waals surface area contributed by atoms with E-state index < -0.39 is 0 Å². The number of rotatable bonds is 4. The molecule has 130 valence electrons. The van der Waals surface area contributed by atoms with Gasteiger partial charge in [0.2, 0.25) is 0 Å². The van der Waals surface area contributed by atoms with Gasteiger partial charge in [-0.05, 0) is 30.9 Å². The van der Waals surface area contributed by atoms with E-state index in [2.05, 4.69) is 9.55 Å². The number of likely N-dealkylation sites (tertiary alicyclic amines) is 1. The van der Waals surface area contributed by atoms with E-state index >= 15 is 0 Å². The molecule has 0 saturated carbocycles. The molecule has 0 bridgehead atoms. The average molecular weight is 339 g/mol. The molecule has 0 atom stereocenters. The first-order chi connectivity index (χ1) is 12.2. The second-order valence-electron chi connectivity index (χ2n) is 6.48. The van der Waals surface area contributed by atoms with Gasteiger partial charge in [0.1, 0.15) is 0 Å². The normalized spacial score (nSPS) is 15.6. The van der Waals surface area contributed by atoms with Crippen LogP contribution in [0.5, 0.6) is 5.75 Å². The number of furan rings is 1. The summed E-state index contributed by atoms with van der Waals surface area (Å²) in [7, 11) is 1.60. The van der Waals surface area contributed by atoms with Gasteiger partial charge in [0.25, 0.3) is 5.91 Å². The van der Waals surface area contributed by atoms with Gasteiger partial charge in [-0.25, -0.2) is 4.98 Å². The lowest BCUT2D eigenvalue weighted by Gasteiger charge is -2.31. The van der Waals surface area contributed by atoms with Crippen LogP contribution in [0.2, 0.25) is 0 Å². The summed E-state index contributed by atoms with van der Waals surface area (Å²) in [6.07, 6.45) is 7.62. The number of aromatic nitrogens is 2. The van der Waals surface area contributed by atoms with Crippen LogP contribution in [-0.2, 0) is 6.54 Å². The third kappa shape index (κ3) is 3.12. The van der Waals surface area contributed by atoms with Crippen LogP contribution < -0.4 is 4.74 Å². The molecule has 1 aliphatic heterocycles. The van der Waals surface area contributed by atoms with Crippen molar-refractivity contribution in [2.75, 3.05) is 20.2 Å². The maximum absolute atomic E-state index is 12.8. The Hall–Kier alpha value is -2.76. The Morgan fingerprint density at radius 1 is 1.36 bits per heavy atom. The highest BCUT2D eigenvalue weighted by Gasteiger charge is 2.26. The molecule has 0 N–H and O–H groups in total. The second kappa shape index (κ2) is 6.63. The topological polar surface area (TPSA) is 60.5 Å². The minimum Gasteiger partial charge on any atom is -0.493 e. The summed E-state index contributed by atoms with van der Waals surface area (Å²) in [5, 5.41) is 0.887. The smallest absolute Gasteiger partial charge is 0.289 e. The van der Waals surface area contributed by atoms with E-state index in [0.29, 0.717) is 23.0 Å². The highest BCUT2D eigenvalue weighted by Crippen LogP contribution is 2.29. The number of hydrogen-bond acceptors (Lipinski definition) is 4. The van der Waals surface area contributed by atoms with Crippen LogP contribution in [-0.4, -0.2) is 40.6 Å². The summed E-state index contributed by atoms with van der Waals surface area (Å²) in [6, 6.07) is 7.46. The van der Waals surface area contributed by atoms with E-state index in [1.807, 2.05) is 35.6 Å². The molecule has 1 aromatic carbocycles. The number of carbonyl (C=O) groups excluding carboxylic acids is 1. The first-order valence-corrected chi connectivity index (χ1v) is 8.56. The maximum atomic E-state index is 12.8. The number of para-hydroxylation sites is 1. The van der Waals surface area contributed by atoms with Crippen LogP contribution in [0.3, 0.4) is 0 Å². The predicted octanol–water partition coefficient (Wildman–Crippen LogP) is 3.19. The summed E-state index contributed by atoms with van der Waals surface area (Å²) in [5.41, 5.74) is 0.628. The third-order valence-corrected chi connectivity index (χ3v) is 4.87. The molecule has 4 rings (SSSR count). The van der Waals surface area contributed by atoms with Crippen molar-refractivity contribution in [1.29, 1.82) is 0 Å². The Bertz CT molecular complexity index is 861. The average Bonchev–Trinajstić information content (AvgIpc) is 3.30. The van der Waals surface area contributed by atoms with E-state index in [-0.39, 0.29) is 5.91 Å². The van der Waals surface area contributed by atoms with Gasteiger partial charge in [-0.3, -0.25) is 4.79 Å². The molecule has 0 spiro atoms. The maximum Gasteiger partial charge on any atom is 0.289 e. The summed E-state index contributed by atoms with van der Waals surface area (Å²) < 4.78 is 13.2. The number of benzene rings is 1. The molecule has 1 fully saturated rings. The van der Waals surface area contributed by atoms with E-state index in [4.69, 9.17) is 9.15 Å². The van der Waals surface area contributed by atoms with Crippen LogP contribution in [0, 0.1) is 5.92 Å². The lowest BCUT2D eigenvalue weighted by Crippen LogP contribution is -2.39. The van der Waals surface area contributed by atoms with Gasteiger partial charge in [0, 0.05) is 37.4 Å². The summed E-state index contributed by atoms with van der Waals surface area (Å²) >= 11 is 0. The van der Waals surface area contributed by atoms with Crippen molar-refractivity contribution in [3.05, 3.63) is 48.7 Å². The molecule has 1 amide bonds. The molecule has 1 saturated heterocycles. The number of methoxy groups -OCH3 is 1. The molecule has 3 heterocycles. The Morgan fingerprint density at radius 3 is 2.92 bits per heavy atom. The van der Waals surface area contributed by atoms with Crippen LogP contribution in [0.25, 0.3) is 11.0 Å². The minimum absolute atomic E-state index is 0.0423. The zero-order chi connectivity index (χ0) is 17.2. The third-order valence-electron chi connectivity index (χ3n) is 4.87. The lowest BCUT2D eigenvalue weighted by atomic mass is 9.96. The standard InChI is InChI=1S/C19H21N3O3/c1-24-16-4-2-3-15-11-17(25-18(15)16)19(23)22-8-5-14(6-9-22)12-21-10-7-20-13-21/h2-4,7,10-11,13-14H,5-6,8-9,12H2,1H3. The van der Waals surface area contributed by atoms with Crippen LogP contribution in [0.4, 0.5) is 0 Å². The van der Waals surface area contributed by atoms with E-state index in [1.165, 1.54) is 0 Å². The monoisotopic (exact) mass is 339 g/mol. The molecule has 0 radical (unpaired) electrons. The summed E-state index contributed by atoms with van der Waals surface area (Å²) in [5.74, 6) is 1.57. The molecule has 0 aliphatic carbocycles. The van der Waals surface area contributed by atoms with Crippen molar-refractivity contribution in [1.82, 2.24) is 14.5 Å². The fourth-order valence-electron chi connectivity index (χ4n) is 3.47. The number of fused-ring (bicyclic) bond motifs is 1. The van der Waals surface area contributed by atoms with Crippen molar-refractivity contribution < 1.29 is 13.9 Å². The SMILES string of the molecule is COc1cccc2cc(C(=O)N3CCC(Cn4ccnc4)CC3)oc12. The molecule has 25 heavy (non-hydrogen) atoms. The second-order valence-corrected chi connectivity index (χ2v) is 6.48. The van der Waals surface area contributed by atoms with Gasteiger partial charge in [0.15, 0.2) is 17.1 Å². The number of nitrogens with zero attached hydrogens (tertiary/aromatic N) is 3. The zero-order valence-corrected chi connectivity index (χ0v) is 14.2. The Balaban J connectivity index is 1.43. The quantitative estimate of drug-likeness (QED) is 0.732. The Morgan fingerprint density at radius 2 is 2.20 bits per heavy atom. The van der Waals surface area contributed by atoms with Crippen molar-refractivity contribution in [3.63, 3.8) is 0 Å². The lowest BCUT2D eigenvalue weighted by molar-refractivity contribution is 0.0653. The number of imidazole rings is 1. The fraction of sp³-hybridized carbons (Fsp3) is 0.368. The first-order valence-electron chi connectivity index (χ1n) is 8.56. The van der Waals surface area contributed by atoms with Crippen molar-refractivity contribution in [3.8, 4) is 5.75 Å². The highest BCUT2D eigenvalue weighted by molar-refractivity contribution is 5.97. The largest absolute Gasteiger partial charge is 0.493 e. The first kappa shape index (κ1) is 15.7. The zero-order valence-electron chi connectivity index (χ0n) is 14.2. The van der Waals surface area contributed by atoms with Gasteiger partial charge in [-0.15, -0.1) is 0 Å². The number of amides is 1. The molecule has 3 aromatic rings. The Kier molecular flexibility index (Phi) is 4.17. The Labute approximate surface area is 146 Å². The molecule has 0 unspecified atom stereocenters. The van der Waals surface area contributed by atoms with E-state index in [0.717, 1.165) is 37.9 Å². The minimum atomic E-state index is -0.0423. The van der Waals surface area contributed by atoms with Gasteiger partial charge < -0.3 is 18.6 Å². The summed E-state index contributed by atoms with van der Waals surface area (Å²) in [4.78, 5) is 18.7. The van der Waals surface area contributed by atoms with Gasteiger partial charge >= 0.3 is 0 Å². The molecule has 6 heteroatoms. The van der Waals surface area contributed by atoms with Crippen LogP contribution in [0.1, 0.15) is 23.4 Å². The number of carbonyl (C=O) groups is 1. The number of hydrogen-bond donors (Lipinski definition) is 0. The number of piperidine rings is 1. The van der Waals surface area contributed by atoms with Crippen molar-refractivity contribution in [2.45, 2.75) is 19.4 Å². The van der Waals surface area contributed by atoms with E-state index in [9.17, 15) is 4.79 Å². The van der Waals surface area contributed by atoms with Crippen LogP contribution in [0.15, 0.2) is 47.4 Å². The van der Waals surface area contributed by atoms with Crippen LogP contribution >= 0.6 is 0 Å². The van der Waals surface area contributed by atoms with Crippen molar-refractivity contribution in [2.24, 2.45) is 5.92 Å². The van der Waals surface area contributed by atoms with Gasteiger partial charge in [0.05, 0.1) is 13.4 Å². The predicted molar refractivity (Wildman–Crippen MR) is 93.6 cm³/mol. The fourth-order valence-corrected chi connectivity index (χ4v) is 3.47. The summed E-state index contributed by atoms with van der Waals surface area (Å²) in [6.45, 7) is 2.47. The van der Waals surface area contributed by atoms with Gasteiger partial charge in [-0.2, -0.15) is 0 Å². The molecule has 6 nitrogen and oxygen atoms in total.